The van der Waals surface area contributed by atoms with E-state index in [1.807, 2.05) is 0 Å². The predicted octanol–water partition coefficient (Wildman–Crippen LogP) is 1.46. The minimum atomic E-state index is -1.44. The number of hydrogen-bond acceptors (Lipinski definition) is 7. The van der Waals surface area contributed by atoms with Crippen LogP contribution < -0.4 is 0 Å². The summed E-state index contributed by atoms with van der Waals surface area (Å²) in [6, 6.07) is 3.97. The van der Waals surface area contributed by atoms with Crippen LogP contribution in [0.3, 0.4) is 0 Å². The molecule has 0 radical (unpaired) electrons. The van der Waals surface area contributed by atoms with Gasteiger partial charge in [0.25, 0.3) is 0 Å². The van der Waals surface area contributed by atoms with Gasteiger partial charge in [-0.3, -0.25) is 14.4 Å². The van der Waals surface area contributed by atoms with E-state index in [1.54, 1.807) is 0 Å². The van der Waals surface area contributed by atoms with Crippen molar-refractivity contribution in [2.75, 3.05) is 0 Å². The molecule has 2 aromatic carbocycles. The summed E-state index contributed by atoms with van der Waals surface area (Å²) in [6.07, 6.45) is -0.444. The van der Waals surface area contributed by atoms with Gasteiger partial charge >= 0.3 is 0 Å². The van der Waals surface area contributed by atoms with E-state index >= 15 is 0 Å². The lowest BCUT2D eigenvalue weighted by molar-refractivity contribution is 0.0402. The molecule has 0 bridgehead atoms. The summed E-state index contributed by atoms with van der Waals surface area (Å²) in [5, 5.41) is 40.9. The van der Waals surface area contributed by atoms with E-state index in [9.17, 15) is 34.8 Å². The number of fused-ring (bicyclic) bond motifs is 4. The van der Waals surface area contributed by atoms with E-state index in [0.29, 0.717) is 0 Å². The Labute approximate surface area is 147 Å². The number of phenols is 3. The molecule has 132 valence electrons. The molecule has 0 saturated heterocycles. The number of carbonyl (C=O) groups is 3. The molecule has 0 amide bonds. The van der Waals surface area contributed by atoms with Crippen LogP contribution in [0.5, 0.6) is 17.2 Å². The summed E-state index contributed by atoms with van der Waals surface area (Å²) in [6.45, 7) is 1.41. The molecule has 2 aliphatic rings. The van der Waals surface area contributed by atoms with Gasteiger partial charge in [0, 0.05) is 35.1 Å². The number of carbonyl (C=O) groups excluding carboxylic acids is 3. The van der Waals surface area contributed by atoms with E-state index in [1.165, 1.54) is 25.1 Å². The summed E-state index contributed by atoms with van der Waals surface area (Å²) < 4.78 is 0. The number of Topliss-reactive ketones (excluding diaryl/α,β-unsaturated/α-hetero) is 1. The van der Waals surface area contributed by atoms with E-state index in [4.69, 9.17) is 0 Å². The Bertz CT molecular complexity index is 1050. The van der Waals surface area contributed by atoms with Gasteiger partial charge in [0.15, 0.2) is 23.1 Å². The van der Waals surface area contributed by atoms with Gasteiger partial charge in [0.05, 0.1) is 16.7 Å². The van der Waals surface area contributed by atoms with Crippen LogP contribution in [0.1, 0.15) is 61.1 Å². The molecule has 0 unspecified atom stereocenters. The average molecular weight is 354 g/mol. The minimum absolute atomic E-state index is 0.0627. The molecule has 2 aromatic rings. The maximum atomic E-state index is 13.0. The van der Waals surface area contributed by atoms with Crippen molar-refractivity contribution < 1.29 is 34.8 Å². The van der Waals surface area contributed by atoms with Crippen molar-refractivity contribution in [2.24, 2.45) is 0 Å². The van der Waals surface area contributed by atoms with Crippen molar-refractivity contribution in [2.45, 2.75) is 25.4 Å². The molecule has 0 spiro atoms. The normalized spacial score (nSPS) is 21.2. The summed E-state index contributed by atoms with van der Waals surface area (Å²) in [5.74, 6) is -4.14. The lowest BCUT2D eigenvalue weighted by Crippen LogP contribution is -2.38. The Kier molecular flexibility index (Phi) is 3.08. The highest BCUT2D eigenvalue weighted by molar-refractivity contribution is 6.33. The summed E-state index contributed by atoms with van der Waals surface area (Å²) in [4.78, 5) is 38.4. The third kappa shape index (κ3) is 1.94. The van der Waals surface area contributed by atoms with Gasteiger partial charge in [0.2, 0.25) is 5.78 Å². The van der Waals surface area contributed by atoms with Gasteiger partial charge in [-0.1, -0.05) is 12.1 Å². The predicted molar refractivity (Wildman–Crippen MR) is 88.0 cm³/mol. The topological polar surface area (TPSA) is 132 Å². The SMILES string of the molecule is C[C@]1(O)CC(=O)c2c(c(O)c(O)c3c2C(=O)c2cccc(O)c2C3=O)C1. The molecule has 2 aliphatic carbocycles. The van der Waals surface area contributed by atoms with Crippen molar-refractivity contribution in [3.05, 3.63) is 51.6 Å². The Balaban J connectivity index is 2.12. The first-order chi connectivity index (χ1) is 12.1. The molecule has 4 N–H and O–H groups in total. The number of rotatable bonds is 0. The van der Waals surface area contributed by atoms with Crippen molar-refractivity contribution in [1.82, 2.24) is 0 Å². The monoisotopic (exact) mass is 354 g/mol. The maximum Gasteiger partial charge on any atom is 0.202 e. The first kappa shape index (κ1) is 16.3. The molecule has 4 rings (SSSR count). The molecule has 7 heteroatoms. The van der Waals surface area contributed by atoms with Crippen LogP contribution in [0, 0.1) is 0 Å². The van der Waals surface area contributed by atoms with Crippen LogP contribution in [-0.4, -0.2) is 43.4 Å². The standard InChI is InChI=1S/C19H14O7/c1-19(26)5-8-11(10(21)6-19)13-14(18(25)16(8)23)17(24)12-7(15(13)22)3-2-4-9(12)20/h2-4,20,23,25-26H,5-6H2,1H3/t19-/m1/s1. The second kappa shape index (κ2) is 4.92. The van der Waals surface area contributed by atoms with Crippen molar-refractivity contribution in [3.8, 4) is 17.2 Å². The Morgan fingerprint density at radius 3 is 2.23 bits per heavy atom. The fourth-order valence-electron chi connectivity index (χ4n) is 3.81. The lowest BCUT2D eigenvalue weighted by atomic mass is 9.72. The second-order valence-electron chi connectivity index (χ2n) is 6.93. The third-order valence-corrected chi connectivity index (χ3v) is 4.89. The quantitative estimate of drug-likeness (QED) is 0.449. The fraction of sp³-hybridized carbons (Fsp3) is 0.211. The van der Waals surface area contributed by atoms with Crippen molar-refractivity contribution in [3.63, 3.8) is 0 Å². The summed E-state index contributed by atoms with van der Waals surface area (Å²) in [7, 11) is 0. The highest BCUT2D eigenvalue weighted by Gasteiger charge is 2.44. The number of phenolic OH excluding ortho intramolecular Hbond substituents is 3. The largest absolute Gasteiger partial charge is 0.507 e. The average Bonchev–Trinajstić information content (AvgIpc) is 2.55. The third-order valence-electron chi connectivity index (χ3n) is 4.89. The molecule has 7 nitrogen and oxygen atoms in total. The van der Waals surface area contributed by atoms with Crippen molar-refractivity contribution in [1.29, 1.82) is 0 Å². The van der Waals surface area contributed by atoms with Gasteiger partial charge in [-0.2, -0.15) is 0 Å². The number of benzene rings is 2. The molecule has 1 atom stereocenters. The number of aliphatic hydroxyl groups is 1. The number of ketones is 3. The van der Waals surface area contributed by atoms with E-state index in [0.717, 1.165) is 0 Å². The van der Waals surface area contributed by atoms with E-state index in [2.05, 4.69) is 0 Å². The van der Waals surface area contributed by atoms with Crippen LogP contribution in [0.25, 0.3) is 0 Å². The lowest BCUT2D eigenvalue weighted by Gasteiger charge is -2.32. The fourth-order valence-corrected chi connectivity index (χ4v) is 3.81. The summed E-state index contributed by atoms with van der Waals surface area (Å²) in [5.41, 5.74) is -2.83. The van der Waals surface area contributed by atoms with Gasteiger partial charge < -0.3 is 20.4 Å². The first-order valence-corrected chi connectivity index (χ1v) is 7.92. The van der Waals surface area contributed by atoms with Crippen LogP contribution in [0.2, 0.25) is 0 Å². The van der Waals surface area contributed by atoms with Crippen LogP contribution in [0.4, 0.5) is 0 Å². The Morgan fingerprint density at radius 1 is 0.846 bits per heavy atom. The molecular formula is C19H14O7. The number of hydrogen-bond donors (Lipinski definition) is 4. The minimum Gasteiger partial charge on any atom is -0.507 e. The van der Waals surface area contributed by atoms with Gasteiger partial charge in [0.1, 0.15) is 5.75 Å². The molecule has 0 aromatic heterocycles. The molecule has 0 saturated carbocycles. The smallest absolute Gasteiger partial charge is 0.202 e. The summed E-state index contributed by atoms with van der Waals surface area (Å²) >= 11 is 0. The zero-order valence-corrected chi connectivity index (χ0v) is 13.7. The maximum absolute atomic E-state index is 13.0. The van der Waals surface area contributed by atoms with Gasteiger partial charge in [-0.25, -0.2) is 0 Å². The first-order valence-electron chi connectivity index (χ1n) is 7.92. The van der Waals surface area contributed by atoms with Crippen LogP contribution in [-0.2, 0) is 6.42 Å². The van der Waals surface area contributed by atoms with Gasteiger partial charge in [-0.05, 0) is 13.0 Å². The van der Waals surface area contributed by atoms with Gasteiger partial charge in [-0.15, -0.1) is 0 Å². The molecule has 0 heterocycles. The zero-order valence-electron chi connectivity index (χ0n) is 13.7. The zero-order chi connectivity index (χ0) is 19.0. The highest BCUT2D eigenvalue weighted by Crippen LogP contribution is 2.47. The van der Waals surface area contributed by atoms with E-state index < -0.39 is 45.8 Å². The number of aromatic hydroxyl groups is 3. The Morgan fingerprint density at radius 2 is 1.54 bits per heavy atom. The molecule has 26 heavy (non-hydrogen) atoms. The second-order valence-corrected chi connectivity index (χ2v) is 6.93. The Hall–Kier alpha value is -3.19. The van der Waals surface area contributed by atoms with Crippen LogP contribution >= 0.6 is 0 Å². The molecule has 0 aliphatic heterocycles. The highest BCUT2D eigenvalue weighted by atomic mass is 16.3. The molecular weight excluding hydrogens is 340 g/mol. The van der Waals surface area contributed by atoms with Crippen molar-refractivity contribution >= 4 is 17.3 Å². The van der Waals surface area contributed by atoms with E-state index in [-0.39, 0.29) is 40.7 Å². The van der Waals surface area contributed by atoms with Crippen LogP contribution in [0.15, 0.2) is 18.2 Å². The molecule has 0 fully saturated rings.